The van der Waals surface area contributed by atoms with Crippen molar-refractivity contribution in [2.45, 2.75) is 18.4 Å². The Hall–Kier alpha value is -1.83. The first-order valence-electron chi connectivity index (χ1n) is 5.54. The summed E-state index contributed by atoms with van der Waals surface area (Å²) in [5.74, 6) is -0.903. The molecule has 0 aliphatic heterocycles. The zero-order valence-electron chi connectivity index (χ0n) is 10.6. The lowest BCUT2D eigenvalue weighted by Crippen LogP contribution is -2.28. The van der Waals surface area contributed by atoms with Crippen LogP contribution in [0.25, 0.3) is 0 Å². The van der Waals surface area contributed by atoms with Crippen LogP contribution in [0.2, 0.25) is 0 Å². The summed E-state index contributed by atoms with van der Waals surface area (Å²) in [4.78, 5) is 47.1. The van der Waals surface area contributed by atoms with Gasteiger partial charge in [0.15, 0.2) is 5.78 Å². The summed E-state index contributed by atoms with van der Waals surface area (Å²) in [6, 6.07) is 1.23. The number of rotatable bonds is 6. The molecule has 1 rings (SSSR count). The van der Waals surface area contributed by atoms with Gasteiger partial charge in [0.2, 0.25) is 0 Å². The smallest absolute Gasteiger partial charge is 0.328 e. The number of nitrogens with zero attached hydrogens (tertiary/aromatic N) is 1. The van der Waals surface area contributed by atoms with Gasteiger partial charge in [-0.1, -0.05) is 0 Å². The lowest BCUT2D eigenvalue weighted by Gasteiger charge is -2.05. The second-order valence-corrected chi connectivity index (χ2v) is 4.64. The van der Waals surface area contributed by atoms with Crippen LogP contribution >= 0.6 is 11.8 Å². The minimum atomic E-state index is -0.576. The van der Waals surface area contributed by atoms with Crippen molar-refractivity contribution in [3.63, 3.8) is 0 Å². The van der Waals surface area contributed by atoms with Crippen LogP contribution in [-0.4, -0.2) is 33.7 Å². The number of carbonyl (C=O) groups excluding carboxylic acids is 2. The van der Waals surface area contributed by atoms with E-state index in [9.17, 15) is 19.2 Å². The molecule has 8 heteroatoms. The largest absolute Gasteiger partial charge is 0.466 e. The second kappa shape index (κ2) is 6.93. The van der Waals surface area contributed by atoms with E-state index in [1.807, 2.05) is 0 Å². The molecule has 0 aliphatic rings. The minimum absolute atomic E-state index is 0.00442. The van der Waals surface area contributed by atoms with E-state index in [1.54, 1.807) is 6.92 Å². The van der Waals surface area contributed by atoms with Crippen LogP contribution in [0.15, 0.2) is 20.7 Å². The van der Waals surface area contributed by atoms with Crippen molar-refractivity contribution < 1.29 is 14.3 Å². The molecule has 1 heterocycles. The number of ether oxygens (including phenoxy) is 1. The van der Waals surface area contributed by atoms with Gasteiger partial charge < -0.3 is 4.74 Å². The van der Waals surface area contributed by atoms with Crippen molar-refractivity contribution >= 4 is 23.5 Å². The van der Waals surface area contributed by atoms with Crippen molar-refractivity contribution in [2.24, 2.45) is 7.05 Å². The van der Waals surface area contributed by atoms with Gasteiger partial charge in [0.1, 0.15) is 6.42 Å². The standard InChI is InChI=1S/C11H14N2O5S/c1-3-18-10(16)4-7(14)6-19-9-5-8(15)12-11(17)13(9)2/h5H,3-4,6H2,1-2H3,(H,12,15,17). The molecule has 0 spiro atoms. The zero-order valence-corrected chi connectivity index (χ0v) is 11.4. The molecule has 19 heavy (non-hydrogen) atoms. The zero-order chi connectivity index (χ0) is 14.4. The summed E-state index contributed by atoms with van der Waals surface area (Å²) < 4.78 is 5.87. The highest BCUT2D eigenvalue weighted by Crippen LogP contribution is 2.14. The Morgan fingerprint density at radius 1 is 1.42 bits per heavy atom. The number of esters is 1. The molecule has 1 aromatic rings. The quantitative estimate of drug-likeness (QED) is 0.333. The molecule has 1 aromatic heterocycles. The number of aromatic nitrogens is 2. The fraction of sp³-hybridized carbons (Fsp3) is 0.455. The van der Waals surface area contributed by atoms with E-state index < -0.39 is 17.2 Å². The second-order valence-electron chi connectivity index (χ2n) is 3.65. The Morgan fingerprint density at radius 3 is 2.74 bits per heavy atom. The highest BCUT2D eigenvalue weighted by molar-refractivity contribution is 7.99. The van der Waals surface area contributed by atoms with Crippen LogP contribution in [0.3, 0.4) is 0 Å². The number of hydrogen-bond donors (Lipinski definition) is 1. The van der Waals surface area contributed by atoms with Crippen molar-refractivity contribution in [2.75, 3.05) is 12.4 Å². The normalized spacial score (nSPS) is 10.2. The van der Waals surface area contributed by atoms with Crippen LogP contribution in [0.1, 0.15) is 13.3 Å². The highest BCUT2D eigenvalue weighted by Gasteiger charge is 2.12. The lowest BCUT2D eigenvalue weighted by atomic mass is 10.3. The summed E-state index contributed by atoms with van der Waals surface area (Å²) in [5.41, 5.74) is -1.07. The first-order valence-corrected chi connectivity index (χ1v) is 6.53. The van der Waals surface area contributed by atoms with E-state index in [4.69, 9.17) is 0 Å². The molecule has 0 aliphatic carbocycles. The summed E-state index contributed by atoms with van der Waals surface area (Å²) in [7, 11) is 1.48. The molecule has 0 saturated carbocycles. The van der Waals surface area contributed by atoms with Gasteiger partial charge in [0.25, 0.3) is 5.56 Å². The predicted octanol–water partition coefficient (Wildman–Crippen LogP) is -0.312. The van der Waals surface area contributed by atoms with Gasteiger partial charge >= 0.3 is 11.7 Å². The molecule has 0 radical (unpaired) electrons. The van der Waals surface area contributed by atoms with Crippen LogP contribution < -0.4 is 11.2 Å². The number of hydrogen-bond acceptors (Lipinski definition) is 6. The van der Waals surface area contributed by atoms with Crippen LogP contribution in [-0.2, 0) is 21.4 Å². The number of Topliss-reactive ketones (excluding diaryl/α,β-unsaturated/α-hetero) is 1. The van der Waals surface area contributed by atoms with Crippen molar-refractivity contribution in [3.05, 3.63) is 26.9 Å². The molecule has 0 fully saturated rings. The molecular weight excluding hydrogens is 272 g/mol. The molecular formula is C11H14N2O5S. The van der Waals surface area contributed by atoms with Crippen LogP contribution in [0.4, 0.5) is 0 Å². The molecule has 104 valence electrons. The number of aromatic amines is 1. The SMILES string of the molecule is CCOC(=O)CC(=O)CSc1cc(=O)[nH]c(=O)n1C. The van der Waals surface area contributed by atoms with Gasteiger partial charge in [-0.3, -0.25) is 23.9 Å². The topological polar surface area (TPSA) is 98.2 Å². The monoisotopic (exact) mass is 286 g/mol. The first kappa shape index (κ1) is 15.2. The predicted molar refractivity (Wildman–Crippen MR) is 69.3 cm³/mol. The number of carbonyl (C=O) groups is 2. The minimum Gasteiger partial charge on any atom is -0.466 e. The van der Waals surface area contributed by atoms with Gasteiger partial charge in [-0.2, -0.15) is 0 Å². The molecule has 7 nitrogen and oxygen atoms in total. The summed E-state index contributed by atoms with van der Waals surface area (Å²) >= 11 is 1.03. The maximum atomic E-state index is 11.5. The van der Waals surface area contributed by atoms with E-state index in [0.717, 1.165) is 11.8 Å². The Bertz CT molecular complexity index is 589. The van der Waals surface area contributed by atoms with Crippen molar-refractivity contribution in [1.29, 1.82) is 0 Å². The average molecular weight is 286 g/mol. The lowest BCUT2D eigenvalue weighted by molar-refractivity contribution is -0.145. The number of H-pyrrole nitrogens is 1. The highest BCUT2D eigenvalue weighted by atomic mass is 32.2. The Kier molecular flexibility index (Phi) is 5.56. The Morgan fingerprint density at radius 2 is 2.11 bits per heavy atom. The van der Waals surface area contributed by atoms with Gasteiger partial charge in [-0.15, -0.1) is 11.8 Å². The fourth-order valence-electron chi connectivity index (χ4n) is 1.25. The van der Waals surface area contributed by atoms with E-state index in [-0.39, 0.29) is 24.6 Å². The molecule has 0 bridgehead atoms. The van der Waals surface area contributed by atoms with E-state index >= 15 is 0 Å². The van der Waals surface area contributed by atoms with Crippen LogP contribution in [0.5, 0.6) is 0 Å². The molecule has 0 atom stereocenters. The Labute approximate surface area is 113 Å². The third kappa shape index (κ3) is 4.74. The maximum absolute atomic E-state index is 11.5. The molecule has 0 unspecified atom stereocenters. The van der Waals surface area contributed by atoms with Gasteiger partial charge in [0, 0.05) is 13.1 Å². The number of nitrogens with one attached hydrogen (secondary N) is 1. The molecule has 0 saturated heterocycles. The van der Waals surface area contributed by atoms with Crippen LogP contribution in [0, 0.1) is 0 Å². The first-order chi connectivity index (χ1) is 8.93. The van der Waals surface area contributed by atoms with E-state index in [0.29, 0.717) is 5.03 Å². The van der Waals surface area contributed by atoms with Gasteiger partial charge in [-0.05, 0) is 6.92 Å². The summed E-state index contributed by atoms with van der Waals surface area (Å²) in [6.07, 6.45) is -0.308. The third-order valence-electron chi connectivity index (χ3n) is 2.15. The summed E-state index contributed by atoms with van der Waals surface area (Å²) in [6.45, 7) is 1.88. The average Bonchev–Trinajstić information content (AvgIpc) is 2.32. The van der Waals surface area contributed by atoms with E-state index in [1.165, 1.54) is 17.7 Å². The van der Waals surface area contributed by atoms with Gasteiger partial charge in [0.05, 0.1) is 17.4 Å². The van der Waals surface area contributed by atoms with Crippen molar-refractivity contribution in [1.82, 2.24) is 9.55 Å². The fourth-order valence-corrected chi connectivity index (χ4v) is 2.13. The maximum Gasteiger partial charge on any atom is 0.328 e. The number of thioether (sulfide) groups is 1. The number of ketones is 1. The third-order valence-corrected chi connectivity index (χ3v) is 3.30. The molecule has 0 aromatic carbocycles. The molecule has 1 N–H and O–H groups in total. The summed E-state index contributed by atoms with van der Waals surface area (Å²) in [5, 5.41) is 0.367. The van der Waals surface area contributed by atoms with Crippen molar-refractivity contribution in [3.8, 4) is 0 Å². The molecule has 0 amide bonds. The Balaban J connectivity index is 2.63. The van der Waals surface area contributed by atoms with Gasteiger partial charge in [-0.25, -0.2) is 4.79 Å². The van der Waals surface area contributed by atoms with E-state index in [2.05, 4.69) is 9.72 Å².